The van der Waals surface area contributed by atoms with Crippen molar-refractivity contribution in [1.82, 2.24) is 0 Å². The highest BCUT2D eigenvalue weighted by Gasteiger charge is 2.24. The maximum atomic E-state index is 13.7. The van der Waals surface area contributed by atoms with Gasteiger partial charge >= 0.3 is 0 Å². The Morgan fingerprint density at radius 2 is 1.62 bits per heavy atom. The fourth-order valence-electron chi connectivity index (χ4n) is 1.56. The minimum Gasteiger partial charge on any atom is -0.276 e. The molecule has 0 bridgehead atoms. The molecule has 0 heterocycles. The molecule has 0 spiro atoms. The maximum Gasteiger partial charge on any atom is 0.266 e. The van der Waals surface area contributed by atoms with Crippen molar-refractivity contribution in [2.75, 3.05) is 4.72 Å². The van der Waals surface area contributed by atoms with E-state index < -0.39 is 32.4 Å². The van der Waals surface area contributed by atoms with Gasteiger partial charge in [-0.2, -0.15) is 0 Å². The summed E-state index contributed by atoms with van der Waals surface area (Å²) < 4.78 is 66.6. The quantitative estimate of drug-likeness (QED) is 0.761. The fraction of sp³-hybridized carbons (Fsp3) is 0. The number of hydrogen-bond donors (Lipinski definition) is 1. The van der Waals surface area contributed by atoms with E-state index >= 15 is 0 Å². The minimum atomic E-state index is -4.43. The number of rotatable bonds is 3. The molecule has 0 aliphatic rings. The van der Waals surface area contributed by atoms with E-state index in [9.17, 15) is 21.6 Å². The van der Waals surface area contributed by atoms with Crippen LogP contribution in [-0.2, 0) is 10.0 Å². The second kappa shape index (κ2) is 5.98. The van der Waals surface area contributed by atoms with Crippen LogP contribution in [-0.4, -0.2) is 8.42 Å². The molecule has 0 saturated heterocycles. The second-order valence-corrected chi connectivity index (χ2v) is 7.32. The summed E-state index contributed by atoms with van der Waals surface area (Å²) in [4.78, 5) is -0.803. The van der Waals surface area contributed by atoms with E-state index in [4.69, 9.17) is 0 Å². The smallest absolute Gasteiger partial charge is 0.266 e. The van der Waals surface area contributed by atoms with E-state index in [-0.39, 0.29) is 10.2 Å². The normalized spacial score (nSPS) is 11.5. The molecule has 0 saturated carbocycles. The lowest BCUT2D eigenvalue weighted by Gasteiger charge is -2.11. The van der Waals surface area contributed by atoms with Gasteiger partial charge in [-0.1, -0.05) is 15.9 Å². The second-order valence-electron chi connectivity index (χ2n) is 3.93. The predicted octanol–water partition coefficient (Wildman–Crippen LogP) is 4.43. The van der Waals surface area contributed by atoms with Crippen LogP contribution in [0.1, 0.15) is 0 Å². The van der Waals surface area contributed by atoms with Crippen LogP contribution < -0.4 is 4.72 Å². The molecule has 1 N–H and O–H groups in total. The minimum absolute atomic E-state index is 0.303. The topological polar surface area (TPSA) is 46.2 Å². The third kappa shape index (κ3) is 3.58. The van der Waals surface area contributed by atoms with Gasteiger partial charge in [0.2, 0.25) is 0 Å². The summed E-state index contributed by atoms with van der Waals surface area (Å²) in [5.74, 6) is -3.06. The monoisotopic (exact) mass is 443 g/mol. The predicted molar refractivity (Wildman–Crippen MR) is 79.0 cm³/mol. The third-order valence-corrected chi connectivity index (χ3v) is 5.23. The van der Waals surface area contributed by atoms with Gasteiger partial charge in [-0.15, -0.1) is 0 Å². The summed E-state index contributed by atoms with van der Waals surface area (Å²) in [6.07, 6.45) is 0. The number of halogens is 5. The van der Waals surface area contributed by atoms with Crippen LogP contribution in [0.2, 0.25) is 0 Å². The van der Waals surface area contributed by atoms with Crippen LogP contribution in [0.15, 0.2) is 44.2 Å². The first-order chi connectivity index (χ1) is 9.70. The number of anilines is 1. The number of nitrogens with one attached hydrogen (secondary N) is 1. The van der Waals surface area contributed by atoms with Crippen LogP contribution in [0, 0.1) is 17.5 Å². The van der Waals surface area contributed by atoms with E-state index in [0.717, 1.165) is 12.1 Å². The molecule has 0 fully saturated rings. The Hall–Kier alpha value is -1.06. The lowest BCUT2D eigenvalue weighted by atomic mass is 10.3. The van der Waals surface area contributed by atoms with Gasteiger partial charge in [0.15, 0.2) is 0 Å². The Balaban J connectivity index is 2.51. The standard InChI is InChI=1S/C12H6Br2F3NO2S/c13-6-1-2-9(16)11(3-6)18-21(19,20)12-8(14)4-7(15)5-10(12)17/h1-5,18H. The number of benzene rings is 2. The Morgan fingerprint density at radius 3 is 2.24 bits per heavy atom. The van der Waals surface area contributed by atoms with Crippen molar-refractivity contribution in [2.45, 2.75) is 4.90 Å². The molecule has 112 valence electrons. The van der Waals surface area contributed by atoms with Crippen LogP contribution in [0.25, 0.3) is 0 Å². The largest absolute Gasteiger partial charge is 0.276 e. The van der Waals surface area contributed by atoms with Crippen molar-refractivity contribution in [1.29, 1.82) is 0 Å². The maximum absolute atomic E-state index is 13.7. The first-order valence-electron chi connectivity index (χ1n) is 5.33. The van der Waals surface area contributed by atoms with Crippen LogP contribution in [0.3, 0.4) is 0 Å². The molecule has 9 heteroatoms. The zero-order valence-electron chi connectivity index (χ0n) is 10.0. The van der Waals surface area contributed by atoms with Gasteiger partial charge in [0.05, 0.1) is 5.69 Å². The molecule has 0 aliphatic carbocycles. The Labute approximate surface area is 135 Å². The highest BCUT2D eigenvalue weighted by Crippen LogP contribution is 2.29. The van der Waals surface area contributed by atoms with Crippen molar-refractivity contribution in [3.05, 3.63) is 56.7 Å². The van der Waals surface area contributed by atoms with E-state index in [1.807, 2.05) is 4.72 Å². The van der Waals surface area contributed by atoms with Crippen LogP contribution in [0.5, 0.6) is 0 Å². The van der Waals surface area contributed by atoms with Gasteiger partial charge in [-0.25, -0.2) is 21.6 Å². The Kier molecular flexibility index (Phi) is 4.64. The van der Waals surface area contributed by atoms with Gasteiger partial charge in [-0.3, -0.25) is 4.72 Å². The first-order valence-corrected chi connectivity index (χ1v) is 8.40. The van der Waals surface area contributed by atoms with E-state index in [2.05, 4.69) is 31.9 Å². The summed E-state index contributed by atoms with van der Waals surface area (Å²) >= 11 is 5.84. The van der Waals surface area contributed by atoms with Gasteiger partial charge in [0.25, 0.3) is 10.0 Å². The highest BCUT2D eigenvalue weighted by molar-refractivity contribution is 9.10. The Bertz CT molecular complexity index is 789. The van der Waals surface area contributed by atoms with Crippen molar-refractivity contribution >= 4 is 47.6 Å². The molecular weight excluding hydrogens is 439 g/mol. The lowest BCUT2D eigenvalue weighted by molar-refractivity contribution is 0.548. The third-order valence-electron chi connectivity index (χ3n) is 2.40. The SMILES string of the molecule is O=S(=O)(Nc1cc(Br)ccc1F)c1c(F)cc(F)cc1Br. The summed E-state index contributed by atoms with van der Waals surface area (Å²) in [6.45, 7) is 0. The molecule has 0 aromatic heterocycles. The molecule has 0 radical (unpaired) electrons. The fourth-order valence-corrected chi connectivity index (χ4v) is 4.14. The van der Waals surface area contributed by atoms with Crippen LogP contribution in [0.4, 0.5) is 18.9 Å². The first kappa shape index (κ1) is 16.3. The van der Waals surface area contributed by atoms with Crippen LogP contribution >= 0.6 is 31.9 Å². The molecule has 2 aromatic rings. The summed E-state index contributed by atoms with van der Waals surface area (Å²) in [6, 6.07) is 4.83. The zero-order chi connectivity index (χ0) is 15.8. The zero-order valence-corrected chi connectivity index (χ0v) is 14.0. The number of hydrogen-bond acceptors (Lipinski definition) is 2. The van der Waals surface area contributed by atoms with Crippen molar-refractivity contribution in [2.24, 2.45) is 0 Å². The highest BCUT2D eigenvalue weighted by atomic mass is 79.9. The molecule has 2 aromatic carbocycles. The number of sulfonamides is 1. The molecule has 21 heavy (non-hydrogen) atoms. The Morgan fingerprint density at radius 1 is 0.952 bits per heavy atom. The summed E-state index contributed by atoms with van der Waals surface area (Å²) in [5, 5.41) is 0. The molecule has 0 unspecified atom stereocenters. The van der Waals surface area contributed by atoms with Crippen molar-refractivity contribution in [3.63, 3.8) is 0 Å². The molecule has 0 aliphatic heterocycles. The average Bonchev–Trinajstić information content (AvgIpc) is 2.31. The summed E-state index contributed by atoms with van der Waals surface area (Å²) in [5.41, 5.74) is -0.361. The molecule has 2 rings (SSSR count). The molecular formula is C12H6Br2F3NO2S. The van der Waals surface area contributed by atoms with Crippen molar-refractivity contribution < 1.29 is 21.6 Å². The molecule has 0 atom stereocenters. The van der Waals surface area contributed by atoms with Gasteiger partial charge in [0, 0.05) is 15.0 Å². The molecule has 3 nitrogen and oxygen atoms in total. The average molecular weight is 445 g/mol. The van der Waals surface area contributed by atoms with Gasteiger partial charge in [-0.05, 0) is 40.2 Å². The van der Waals surface area contributed by atoms with E-state index in [0.29, 0.717) is 10.5 Å². The lowest BCUT2D eigenvalue weighted by Crippen LogP contribution is -2.16. The van der Waals surface area contributed by atoms with E-state index in [1.165, 1.54) is 12.1 Å². The van der Waals surface area contributed by atoms with E-state index in [1.54, 1.807) is 0 Å². The van der Waals surface area contributed by atoms with Gasteiger partial charge in [0.1, 0.15) is 22.3 Å². The molecule has 0 amide bonds. The van der Waals surface area contributed by atoms with Gasteiger partial charge < -0.3 is 0 Å². The summed E-state index contributed by atoms with van der Waals surface area (Å²) in [7, 11) is -4.43. The van der Waals surface area contributed by atoms with Crippen molar-refractivity contribution in [3.8, 4) is 0 Å².